The Balaban J connectivity index is 1.98. The monoisotopic (exact) mass is 399 g/mol. The van der Waals surface area contributed by atoms with Gasteiger partial charge < -0.3 is 5.11 Å². The molecular weight excluding hydrogens is 387 g/mol. The van der Waals surface area contributed by atoms with Crippen molar-refractivity contribution in [2.75, 3.05) is 17.3 Å². The van der Waals surface area contributed by atoms with E-state index in [4.69, 9.17) is 5.11 Å². The van der Waals surface area contributed by atoms with Crippen molar-refractivity contribution in [1.29, 1.82) is 0 Å². The smallest absolute Gasteiger partial charge is 0.396 e. The molecule has 2 heterocycles. The number of hydrogen-bond donors (Lipinski definition) is 1. The van der Waals surface area contributed by atoms with E-state index in [1.54, 1.807) is 17.5 Å². The molecule has 26 heavy (non-hydrogen) atoms. The van der Waals surface area contributed by atoms with Crippen LogP contribution in [0, 0.1) is 0 Å². The van der Waals surface area contributed by atoms with Gasteiger partial charge in [0.2, 0.25) is 0 Å². The number of thioether (sulfide) groups is 1. The lowest BCUT2D eigenvalue weighted by Crippen LogP contribution is -2.31. The van der Waals surface area contributed by atoms with Crippen molar-refractivity contribution in [3.05, 3.63) is 57.1 Å². The molecule has 0 radical (unpaired) electrons. The second-order valence-corrected chi connectivity index (χ2v) is 7.30. The van der Waals surface area contributed by atoms with Gasteiger partial charge in [-0.25, -0.2) is 4.90 Å². The molecule has 1 aromatic carbocycles. The second-order valence-electron chi connectivity index (χ2n) is 5.24. The molecule has 0 atom stereocenters. The molecule has 0 unspecified atom stereocenters. The lowest BCUT2D eigenvalue weighted by Gasteiger charge is -2.16. The van der Waals surface area contributed by atoms with Crippen LogP contribution in [-0.4, -0.2) is 29.3 Å². The number of carbonyl (C=O) groups is 2. The maximum atomic E-state index is 12.8. The number of aliphatic hydroxyl groups is 1. The van der Waals surface area contributed by atoms with E-state index in [0.717, 1.165) is 40.9 Å². The highest BCUT2D eigenvalue weighted by Gasteiger charge is 2.41. The Hall–Kier alpha value is -2.10. The minimum atomic E-state index is -4.50. The molecule has 9 heteroatoms. The summed E-state index contributed by atoms with van der Waals surface area (Å²) in [5.74, 6) is -0.960. The van der Waals surface area contributed by atoms with Gasteiger partial charge in [-0.15, -0.1) is 23.1 Å². The number of thiophene rings is 1. The van der Waals surface area contributed by atoms with Gasteiger partial charge in [0.25, 0.3) is 11.8 Å². The summed E-state index contributed by atoms with van der Waals surface area (Å²) in [5.41, 5.74) is -0.577. The number of aliphatic hydroxyl groups excluding tert-OH is 1. The molecule has 0 bridgehead atoms. The van der Waals surface area contributed by atoms with Crippen LogP contribution in [0.5, 0.6) is 0 Å². The third kappa shape index (κ3) is 3.42. The van der Waals surface area contributed by atoms with Crippen LogP contribution < -0.4 is 4.90 Å². The molecule has 1 N–H and O–H groups in total. The third-order valence-corrected chi connectivity index (χ3v) is 5.54. The number of halogens is 3. The van der Waals surface area contributed by atoms with Crippen LogP contribution in [-0.2, 0) is 15.8 Å². The normalized spacial score (nSPS) is 15.3. The summed E-state index contributed by atoms with van der Waals surface area (Å²) in [6.07, 6.45) is -4.50. The molecule has 0 aliphatic carbocycles. The molecule has 0 saturated carbocycles. The van der Waals surface area contributed by atoms with E-state index in [1.165, 1.54) is 11.3 Å². The van der Waals surface area contributed by atoms with E-state index in [2.05, 4.69) is 0 Å². The van der Waals surface area contributed by atoms with Gasteiger partial charge in [0.15, 0.2) is 0 Å². The predicted molar refractivity (Wildman–Crippen MR) is 94.7 cm³/mol. The largest absolute Gasteiger partial charge is 0.416 e. The fourth-order valence-electron chi connectivity index (χ4n) is 2.46. The zero-order chi connectivity index (χ0) is 18.9. The van der Waals surface area contributed by atoms with Gasteiger partial charge in [0.05, 0.1) is 28.3 Å². The maximum absolute atomic E-state index is 12.8. The number of anilines is 1. The van der Waals surface area contributed by atoms with E-state index < -0.39 is 23.6 Å². The SMILES string of the molecule is O=C1C(SCCO)=C(c2cccs2)C(=O)N1c1ccc(C(F)(F)F)cc1. The molecule has 1 aliphatic heterocycles. The summed E-state index contributed by atoms with van der Waals surface area (Å²) in [4.78, 5) is 27.2. The van der Waals surface area contributed by atoms with Crippen molar-refractivity contribution in [2.24, 2.45) is 0 Å². The highest BCUT2D eigenvalue weighted by Crippen LogP contribution is 2.40. The minimum Gasteiger partial charge on any atom is -0.396 e. The molecule has 0 saturated heterocycles. The van der Waals surface area contributed by atoms with Gasteiger partial charge in [-0.3, -0.25) is 9.59 Å². The van der Waals surface area contributed by atoms with Crippen LogP contribution in [0.15, 0.2) is 46.7 Å². The molecule has 3 rings (SSSR count). The lowest BCUT2D eigenvalue weighted by atomic mass is 10.2. The van der Waals surface area contributed by atoms with Crippen LogP contribution in [0.2, 0.25) is 0 Å². The summed E-state index contributed by atoms with van der Waals surface area (Å²) >= 11 is 2.34. The van der Waals surface area contributed by atoms with Crippen molar-refractivity contribution < 1.29 is 27.9 Å². The molecule has 0 fully saturated rings. The summed E-state index contributed by atoms with van der Waals surface area (Å²) < 4.78 is 38.2. The van der Waals surface area contributed by atoms with E-state index in [0.29, 0.717) is 4.88 Å². The Morgan fingerprint density at radius 2 is 1.77 bits per heavy atom. The zero-order valence-electron chi connectivity index (χ0n) is 13.1. The van der Waals surface area contributed by atoms with Gasteiger partial charge in [0.1, 0.15) is 0 Å². The molecule has 2 amide bonds. The first-order valence-electron chi connectivity index (χ1n) is 7.42. The highest BCUT2D eigenvalue weighted by molar-refractivity contribution is 8.04. The number of benzene rings is 1. The Labute approximate surface area is 154 Å². The van der Waals surface area contributed by atoms with Crippen molar-refractivity contribution in [3.8, 4) is 0 Å². The van der Waals surface area contributed by atoms with Crippen LogP contribution in [0.25, 0.3) is 5.57 Å². The van der Waals surface area contributed by atoms with Gasteiger partial charge in [0, 0.05) is 10.6 Å². The molecule has 1 aliphatic rings. The Bertz CT molecular complexity index is 858. The van der Waals surface area contributed by atoms with Crippen molar-refractivity contribution in [1.82, 2.24) is 0 Å². The first kappa shape index (κ1) is 18.7. The molecule has 4 nitrogen and oxygen atoms in total. The zero-order valence-corrected chi connectivity index (χ0v) is 14.7. The standard InChI is InChI=1S/C17H12F3NO3S2/c18-17(19,20)10-3-5-11(6-4-10)21-15(23)13(12-2-1-8-25-12)14(16(21)24)26-9-7-22/h1-6,8,22H,7,9H2. The molecule has 136 valence electrons. The topological polar surface area (TPSA) is 57.6 Å². The predicted octanol–water partition coefficient (Wildman–Crippen LogP) is 3.78. The summed E-state index contributed by atoms with van der Waals surface area (Å²) in [5, 5.41) is 10.8. The number of hydrogen-bond acceptors (Lipinski definition) is 5. The van der Waals surface area contributed by atoms with Gasteiger partial charge in [-0.05, 0) is 35.7 Å². The second kappa shape index (κ2) is 7.26. The fourth-order valence-corrected chi connectivity index (χ4v) is 4.15. The third-order valence-electron chi connectivity index (χ3n) is 3.60. The highest BCUT2D eigenvalue weighted by atomic mass is 32.2. The number of nitrogens with zero attached hydrogens (tertiary/aromatic N) is 1. The van der Waals surface area contributed by atoms with E-state index in [9.17, 15) is 22.8 Å². The summed E-state index contributed by atoms with van der Waals surface area (Å²) in [6.45, 7) is -0.173. The summed E-state index contributed by atoms with van der Waals surface area (Å²) in [6, 6.07) is 7.30. The quantitative estimate of drug-likeness (QED) is 0.778. The number of carbonyl (C=O) groups excluding carboxylic acids is 2. The van der Waals surface area contributed by atoms with Crippen LogP contribution in [0.3, 0.4) is 0 Å². The molecule has 0 spiro atoms. The number of rotatable bonds is 5. The Kier molecular flexibility index (Phi) is 5.22. The average molecular weight is 399 g/mol. The number of alkyl halides is 3. The number of amides is 2. The maximum Gasteiger partial charge on any atom is 0.416 e. The average Bonchev–Trinajstić information content (AvgIpc) is 3.19. The van der Waals surface area contributed by atoms with E-state index in [-0.39, 0.29) is 28.5 Å². The lowest BCUT2D eigenvalue weighted by molar-refractivity contribution is -0.137. The van der Waals surface area contributed by atoms with E-state index >= 15 is 0 Å². The Morgan fingerprint density at radius 3 is 2.31 bits per heavy atom. The van der Waals surface area contributed by atoms with Crippen LogP contribution >= 0.6 is 23.1 Å². The van der Waals surface area contributed by atoms with Crippen molar-refractivity contribution in [3.63, 3.8) is 0 Å². The molecule has 2 aromatic rings. The van der Waals surface area contributed by atoms with Gasteiger partial charge in [-0.2, -0.15) is 13.2 Å². The molecule has 1 aromatic heterocycles. The van der Waals surface area contributed by atoms with Gasteiger partial charge >= 0.3 is 6.18 Å². The summed E-state index contributed by atoms with van der Waals surface area (Å²) in [7, 11) is 0. The van der Waals surface area contributed by atoms with Gasteiger partial charge in [-0.1, -0.05) is 6.07 Å². The first-order chi connectivity index (χ1) is 12.3. The fraction of sp³-hybridized carbons (Fsp3) is 0.176. The first-order valence-corrected chi connectivity index (χ1v) is 9.29. The van der Waals surface area contributed by atoms with E-state index in [1.807, 2.05) is 0 Å². The minimum absolute atomic E-state index is 0.0710. The number of imide groups is 1. The van der Waals surface area contributed by atoms with Crippen molar-refractivity contribution in [2.45, 2.75) is 6.18 Å². The van der Waals surface area contributed by atoms with Crippen molar-refractivity contribution >= 4 is 46.2 Å². The molecular formula is C17H12F3NO3S2. The van der Waals surface area contributed by atoms with Crippen LogP contribution in [0.4, 0.5) is 18.9 Å². The van der Waals surface area contributed by atoms with Crippen LogP contribution in [0.1, 0.15) is 10.4 Å². The Morgan fingerprint density at radius 1 is 1.08 bits per heavy atom.